The smallest absolute Gasteiger partial charge is 0.296 e. The summed E-state index contributed by atoms with van der Waals surface area (Å²) in [7, 11) is -8.97. The number of phenols is 2. The number of benzene rings is 6. The fourth-order valence-corrected chi connectivity index (χ4v) is 8.65. The lowest BCUT2D eigenvalue weighted by atomic mass is 10.0. The van der Waals surface area contributed by atoms with Crippen LogP contribution in [0.15, 0.2) is 135 Å². The van der Waals surface area contributed by atoms with Gasteiger partial charge >= 0.3 is 0 Å². The molecule has 8 N–H and O–H groups in total. The lowest BCUT2D eigenvalue weighted by molar-refractivity contribution is -0.434. The van der Waals surface area contributed by atoms with Gasteiger partial charge in [-0.25, -0.2) is 24.2 Å². The monoisotopic (exact) mass is 1010 g/mol. The number of non-ortho nitro benzene ring substituents is 1. The summed E-state index contributed by atoms with van der Waals surface area (Å²) in [6.07, 6.45) is 0. The fourth-order valence-electron chi connectivity index (χ4n) is 5.68. The van der Waals surface area contributed by atoms with E-state index in [4.69, 9.17) is 25.7 Å². The molecule has 0 atom stereocenters. The van der Waals surface area contributed by atoms with Gasteiger partial charge in [0.15, 0.2) is 27.9 Å². The van der Waals surface area contributed by atoms with Crippen molar-refractivity contribution in [2.75, 3.05) is 18.1 Å². The van der Waals surface area contributed by atoms with E-state index in [0.29, 0.717) is 39.8 Å². The van der Waals surface area contributed by atoms with Crippen molar-refractivity contribution in [1.82, 2.24) is 0 Å². The molecule has 0 fully saturated rings. The van der Waals surface area contributed by atoms with Crippen LogP contribution in [0.5, 0.6) is 11.5 Å². The lowest BCUT2D eigenvalue weighted by Gasteiger charge is -2.14. The van der Waals surface area contributed by atoms with Gasteiger partial charge < -0.3 is 15.9 Å². The number of anilines is 1. The van der Waals surface area contributed by atoms with E-state index in [9.17, 15) is 41.7 Å². The molecule has 0 saturated carbocycles. The SMILES string of the molecule is Nc1c(N=Nc2ccc(N=Nc3ccc(S(=O)(=O)CCOSOOO)cc3)c3ccc(SOOO)cc23)c(SOOO)cc2cc(S(=O)(=O)O)c(N=Nc3ccc([N+](=O)[O-])cc3O)c(O)c12. The van der Waals surface area contributed by atoms with Crippen LogP contribution < -0.4 is 5.73 Å². The Bertz CT molecular complexity index is 3110. The van der Waals surface area contributed by atoms with Gasteiger partial charge in [0.05, 0.1) is 85.4 Å². The summed E-state index contributed by atoms with van der Waals surface area (Å²) in [5, 5.41) is 94.3. The zero-order chi connectivity index (χ0) is 47.6. The summed E-state index contributed by atoms with van der Waals surface area (Å²) in [6.45, 7) is -0.288. The van der Waals surface area contributed by atoms with Crippen molar-refractivity contribution in [2.45, 2.75) is 19.6 Å². The molecule has 27 nitrogen and oxygen atoms in total. The predicted molar refractivity (Wildman–Crippen MR) is 229 cm³/mol. The van der Waals surface area contributed by atoms with Crippen LogP contribution in [-0.2, 0) is 52.3 Å². The molecule has 0 aliphatic heterocycles. The normalized spacial score (nSPS) is 12.4. The summed E-state index contributed by atoms with van der Waals surface area (Å²) in [5.74, 6) is -2.12. The van der Waals surface area contributed by atoms with Crippen molar-refractivity contribution < 1.29 is 84.6 Å². The maximum Gasteiger partial charge on any atom is 0.296 e. The predicted octanol–water partition coefficient (Wildman–Crippen LogP) is 10.0. The number of nitrogen functional groups attached to an aromatic ring is 1. The highest BCUT2D eigenvalue weighted by Crippen LogP contribution is 2.50. The topological polar surface area (TPSA) is 398 Å². The molecular formula is C34H26N8O19S5. The van der Waals surface area contributed by atoms with E-state index < -0.39 is 69.8 Å². The highest BCUT2D eigenvalue weighted by Gasteiger charge is 2.26. The van der Waals surface area contributed by atoms with Crippen molar-refractivity contribution in [2.24, 2.45) is 30.7 Å². The number of nitro groups is 1. The van der Waals surface area contributed by atoms with Crippen LogP contribution in [0.2, 0.25) is 0 Å². The molecule has 0 aromatic heterocycles. The average molecular weight is 1010 g/mol. The number of nitro benzene ring substituents is 1. The summed E-state index contributed by atoms with van der Waals surface area (Å²) in [5.41, 5.74) is 4.76. The van der Waals surface area contributed by atoms with E-state index in [2.05, 4.69) is 58.8 Å². The maximum atomic E-state index is 12.7. The molecule has 0 unspecified atom stereocenters. The molecule has 0 spiro atoms. The van der Waals surface area contributed by atoms with Crippen molar-refractivity contribution in [3.63, 3.8) is 0 Å². The zero-order valence-corrected chi connectivity index (χ0v) is 36.3. The van der Waals surface area contributed by atoms with Crippen molar-refractivity contribution in [3.05, 3.63) is 95.0 Å². The lowest BCUT2D eigenvalue weighted by Crippen LogP contribution is -2.10. The third-order valence-electron chi connectivity index (χ3n) is 8.55. The molecule has 66 heavy (non-hydrogen) atoms. The number of hydrogen-bond donors (Lipinski definition) is 7. The largest absolute Gasteiger partial charge is 0.505 e. The van der Waals surface area contributed by atoms with Crippen LogP contribution in [0.4, 0.5) is 45.5 Å². The number of nitrogens with zero attached hydrogens (tertiary/aromatic N) is 7. The second-order valence-corrected chi connectivity index (χ2v) is 17.9. The number of azo groups is 3. The minimum atomic E-state index is -5.18. The maximum absolute atomic E-state index is 12.7. The Kier molecular flexibility index (Phi) is 16.4. The number of fused-ring (bicyclic) bond motifs is 2. The minimum Gasteiger partial charge on any atom is -0.505 e. The van der Waals surface area contributed by atoms with E-state index in [1.807, 2.05) is 0 Å². The van der Waals surface area contributed by atoms with Gasteiger partial charge in [0.25, 0.3) is 15.8 Å². The summed E-state index contributed by atoms with van der Waals surface area (Å²) < 4.78 is 78.5. The Morgan fingerprint density at radius 3 is 2.00 bits per heavy atom. The van der Waals surface area contributed by atoms with Gasteiger partial charge in [-0.05, 0) is 72.1 Å². The molecule has 6 rings (SSSR count). The first kappa shape index (κ1) is 49.4. The zero-order valence-electron chi connectivity index (χ0n) is 32.2. The number of rotatable bonds is 21. The first-order valence-corrected chi connectivity index (χ1v) is 22.6. The van der Waals surface area contributed by atoms with Gasteiger partial charge in [0, 0.05) is 21.7 Å². The van der Waals surface area contributed by atoms with E-state index >= 15 is 0 Å². The Morgan fingerprint density at radius 2 is 1.33 bits per heavy atom. The van der Waals surface area contributed by atoms with Gasteiger partial charge in [0.1, 0.15) is 27.7 Å². The third kappa shape index (κ3) is 11.8. The van der Waals surface area contributed by atoms with E-state index in [1.165, 1.54) is 42.5 Å². The highest BCUT2D eigenvalue weighted by atomic mass is 32.2. The second-order valence-electron chi connectivity index (χ2n) is 12.4. The minimum absolute atomic E-state index is 0.0393. The third-order valence-corrected chi connectivity index (χ3v) is 12.7. The van der Waals surface area contributed by atoms with Crippen LogP contribution in [-0.4, -0.2) is 64.7 Å². The molecule has 32 heteroatoms. The number of hydrogen-bond acceptors (Lipinski definition) is 28. The van der Waals surface area contributed by atoms with E-state index in [0.717, 1.165) is 24.3 Å². The number of aromatic hydroxyl groups is 2. The van der Waals surface area contributed by atoms with Gasteiger partial charge in [-0.3, -0.25) is 18.9 Å². The Balaban J connectivity index is 1.41. The van der Waals surface area contributed by atoms with Crippen molar-refractivity contribution in [1.29, 1.82) is 0 Å². The second kappa shape index (κ2) is 22.0. The summed E-state index contributed by atoms with van der Waals surface area (Å²) >= 11 is 1.17. The summed E-state index contributed by atoms with van der Waals surface area (Å²) in [4.78, 5) is 9.55. The van der Waals surface area contributed by atoms with E-state index in [1.54, 1.807) is 18.2 Å². The van der Waals surface area contributed by atoms with Crippen LogP contribution in [0, 0.1) is 10.1 Å². The molecular weight excluding hydrogens is 985 g/mol. The highest BCUT2D eigenvalue weighted by molar-refractivity contribution is 7.95. The molecule has 0 amide bonds. The number of sulfone groups is 1. The molecule has 6 aromatic rings. The standard InChI is InChI=1S/C34H26N8O19S5/c35-31-30-17(14-29(66(52,53)54)33(34(30)44)41-39-26-8-3-19(42(45)46)15-27(26)43)13-28(63-60-57-48)32(31)40-38-25-10-9-24(22-7-4-20(16-23(22)25)62-59-56-47)37-36-18-1-5-21(6-2-18)65(50,51)12-11-55-64-61-58-49/h1-10,13-16,43-44,47-49H,11-12,35H2,(H,52,53,54). The molecule has 6 aromatic carbocycles. The van der Waals surface area contributed by atoms with Crippen LogP contribution >= 0.6 is 36.4 Å². The van der Waals surface area contributed by atoms with Crippen molar-refractivity contribution in [3.8, 4) is 11.5 Å². The molecule has 0 radical (unpaired) electrons. The average Bonchev–Trinajstić information content (AvgIpc) is 3.28. The van der Waals surface area contributed by atoms with E-state index in [-0.39, 0.29) is 62.2 Å². The van der Waals surface area contributed by atoms with Gasteiger partial charge in [-0.1, -0.05) is 21.2 Å². The van der Waals surface area contributed by atoms with Crippen LogP contribution in [0.3, 0.4) is 0 Å². The Hall–Kier alpha value is -6.05. The van der Waals surface area contributed by atoms with Crippen molar-refractivity contribution >= 4 is 123 Å². The van der Waals surface area contributed by atoms with Gasteiger partial charge in [0.2, 0.25) is 0 Å². The molecule has 0 bridgehead atoms. The molecule has 0 aliphatic carbocycles. The summed E-state index contributed by atoms with van der Waals surface area (Å²) in [6, 6.07) is 17.9. The first-order valence-electron chi connectivity index (χ1n) is 17.3. The molecule has 346 valence electrons. The fraction of sp³-hybridized carbons (Fsp3) is 0.0588. The molecule has 0 saturated heterocycles. The Labute approximate surface area is 381 Å². The first-order chi connectivity index (χ1) is 31.6. The number of nitrogens with two attached hydrogens (primary N) is 1. The number of phenolic OH excluding ortho intramolecular Hbond substituents is 2. The molecule has 0 aliphatic rings. The molecule has 0 heterocycles. The Morgan fingerprint density at radius 1 is 0.697 bits per heavy atom. The van der Waals surface area contributed by atoms with Gasteiger partial charge in [-0.2, -0.15) is 13.5 Å². The van der Waals surface area contributed by atoms with Crippen LogP contribution in [0.1, 0.15) is 0 Å². The van der Waals surface area contributed by atoms with Gasteiger partial charge in [-0.15, -0.1) is 38.6 Å². The van der Waals surface area contributed by atoms with Crippen LogP contribution in [0.25, 0.3) is 21.5 Å². The quantitative estimate of drug-likeness (QED) is 0.00515.